The van der Waals surface area contributed by atoms with E-state index in [9.17, 15) is 121 Å². The molecule has 109 heavy (non-hydrogen) atoms. The number of carboxylic acids is 1. The monoisotopic (exact) mass is 1640 g/mol. The molecular weight excluding hydrogens is 1580 g/mol. The van der Waals surface area contributed by atoms with E-state index >= 15 is 0 Å². The number of nitrogens with zero attached hydrogens (tertiary/aromatic N) is 10. The van der Waals surface area contributed by atoms with Crippen LogP contribution in [0.1, 0.15) is 48.0 Å². The van der Waals surface area contributed by atoms with Gasteiger partial charge in [-0.25, -0.2) is 4.79 Å². The summed E-state index contributed by atoms with van der Waals surface area (Å²) in [6, 6.07) is 26.0. The lowest BCUT2D eigenvalue weighted by Crippen LogP contribution is -2.08. The maximum absolute atomic E-state index is 13.5. The van der Waals surface area contributed by atoms with Gasteiger partial charge in [-0.05, 0) is 152 Å². The van der Waals surface area contributed by atoms with Crippen molar-refractivity contribution in [2.45, 2.75) is 64.8 Å². The van der Waals surface area contributed by atoms with Crippen LogP contribution < -0.4 is 10.1 Å². The SMILES string of the molecule is Cc1cc(N=NC(CCCC(=C/S(=O)(=O)O)/C=C(\CCO)S(=O)(=O)O)N=Nc2c(Nc3ccccc3)ccc3c(O)c(N=Nc4ccc5c(O)c(N=Nc6ccccc6C(=O)O)c(S(=O)(=O)O)cc5c4)c(S(=O)(=O)O)cc23)c(OCCCS(=O)(=O)O)cc1N=Nc1cc(S(=O)(=O)O)cc2cc(S(=O)(=O)O)cc(O)c12. The Bertz CT molecular complexity index is 6260. The van der Waals surface area contributed by atoms with Gasteiger partial charge in [-0.3, -0.25) is 31.9 Å². The van der Waals surface area contributed by atoms with E-state index in [1.807, 2.05) is 0 Å². The first-order valence-corrected chi connectivity index (χ1v) is 40.9. The van der Waals surface area contributed by atoms with Crippen molar-refractivity contribution >= 4 is 166 Å². The number of rotatable bonds is 31. The fourth-order valence-corrected chi connectivity index (χ4v) is 14.4. The van der Waals surface area contributed by atoms with Crippen LogP contribution in [0.5, 0.6) is 23.0 Å². The molecule has 0 aromatic heterocycles. The molecule has 0 aliphatic heterocycles. The zero-order valence-electron chi connectivity index (χ0n) is 55.3. The highest BCUT2D eigenvalue weighted by Crippen LogP contribution is 2.49. The number of ether oxygens (including phenoxy) is 1. The minimum Gasteiger partial charge on any atom is -0.507 e. The van der Waals surface area contributed by atoms with Gasteiger partial charge in [0.15, 0.2) is 17.7 Å². The molecule has 9 aromatic rings. The Labute approximate surface area is 617 Å². The van der Waals surface area contributed by atoms with Gasteiger partial charge >= 0.3 is 5.97 Å². The van der Waals surface area contributed by atoms with Gasteiger partial charge in [-0.1, -0.05) is 30.3 Å². The number of azo groups is 5. The number of aryl methyl sites for hydroxylation is 1. The minimum absolute atomic E-state index is 0.0338. The third-order valence-electron chi connectivity index (χ3n) is 15.3. The Balaban J connectivity index is 1.19. The number of aliphatic hydroxyl groups excluding tert-OH is 1. The number of benzene rings is 9. The van der Waals surface area contributed by atoms with Crippen LogP contribution in [0.2, 0.25) is 0 Å². The predicted octanol–water partition coefficient (Wildman–Crippen LogP) is 13.2. The predicted molar refractivity (Wildman–Crippen MR) is 387 cm³/mol. The molecule has 46 heteroatoms. The fraction of sp³-hybridized carbons (Fsp3) is 0.159. The topological polar surface area (TPSA) is 644 Å². The number of hydrogen-bond donors (Lipinski definition) is 13. The Morgan fingerprint density at radius 2 is 1.13 bits per heavy atom. The average molecular weight is 1640 g/mol. The molecule has 0 fully saturated rings. The second-order valence-electron chi connectivity index (χ2n) is 23.1. The number of aromatic carboxylic acids is 1. The maximum atomic E-state index is 13.5. The summed E-state index contributed by atoms with van der Waals surface area (Å²) in [5.74, 6) is -5.37. The van der Waals surface area contributed by atoms with E-state index < -0.39 is 192 Å². The molecule has 9 aromatic carbocycles. The number of aromatic hydroxyl groups is 3. The molecule has 9 rings (SSSR count). The normalized spacial score (nSPS) is 13.7. The highest BCUT2D eigenvalue weighted by molar-refractivity contribution is 7.90. The van der Waals surface area contributed by atoms with Crippen LogP contribution in [-0.2, 0) is 70.8 Å². The molecule has 0 bridgehead atoms. The first-order chi connectivity index (χ1) is 50.9. The molecule has 0 amide bonds. The van der Waals surface area contributed by atoms with E-state index in [0.29, 0.717) is 17.8 Å². The van der Waals surface area contributed by atoms with Gasteiger partial charge in [0.25, 0.3) is 70.8 Å². The summed E-state index contributed by atoms with van der Waals surface area (Å²) in [7, 11) is -35.7. The van der Waals surface area contributed by atoms with Crippen molar-refractivity contribution in [3.8, 4) is 23.0 Å². The zero-order valence-corrected chi connectivity index (χ0v) is 61.0. The number of aliphatic hydroxyl groups is 1. The third-order valence-corrected chi connectivity index (χ3v) is 21.0. The largest absolute Gasteiger partial charge is 0.507 e. The summed E-state index contributed by atoms with van der Waals surface area (Å²) in [6.45, 7) is 0.00674. The van der Waals surface area contributed by atoms with Crippen molar-refractivity contribution in [1.29, 1.82) is 0 Å². The number of hydrogen-bond acceptors (Lipinski definition) is 31. The molecule has 0 heterocycles. The quantitative estimate of drug-likeness (QED) is 0.00830. The standard InChI is InChI=1S/C63H57N11O28S7/c1-34-23-50(53(102-21-8-22-103(81,82)83)32-49(34)67-69-51-29-41(106(90,91)92)26-37-27-42(107(93,94)95)30-52(76)57(37)51)68-70-56(14-7-9-35(33-104(84,85)86)24-40(19-20-75)105(87,88)89)71-72-58-46-31-55(109(99,100)101)60(62(78)44(46)17-18-48(58)64-38-10-3-2-4-11-38)73-65-39-15-16-43-36(25-39)28-54(108(96,97)98)59(61(43)77)74-66-47-13-6-5-12-45(47)63(79)80/h2-6,10-13,15-18,23-33,56,64,75-78H,7-9,14,19-22H2,1H3,(H,79,80)(H,81,82,83)(H,84,85,86)(H,87,88,89)(H,90,91,92)(H,93,94,95)(H,96,97,98)(H,99,100,101)/b35-33-,40-24+,69-67?,70-68?,72-71?,73-65?,74-66?. The molecule has 0 aliphatic rings. The number of phenols is 3. The molecule has 574 valence electrons. The minimum atomic E-state index is -5.53. The third kappa shape index (κ3) is 21.3. The molecule has 13 N–H and O–H groups in total. The molecular formula is C63H57N11O28S7. The summed E-state index contributed by atoms with van der Waals surface area (Å²) in [6.07, 6.45) is -3.49. The second kappa shape index (κ2) is 32.9. The summed E-state index contributed by atoms with van der Waals surface area (Å²) in [5.41, 5.74) is -4.02. The number of phenolic OH excluding ortho intramolecular Hbond substituents is 3. The molecule has 1 atom stereocenters. The van der Waals surface area contributed by atoms with Crippen LogP contribution >= 0.6 is 0 Å². The Morgan fingerprint density at radius 3 is 1.75 bits per heavy atom. The van der Waals surface area contributed by atoms with Crippen LogP contribution in [0.3, 0.4) is 0 Å². The van der Waals surface area contributed by atoms with Crippen LogP contribution in [0.25, 0.3) is 32.3 Å². The van der Waals surface area contributed by atoms with Gasteiger partial charge in [0.05, 0.1) is 66.2 Å². The molecule has 0 spiro atoms. The lowest BCUT2D eigenvalue weighted by Gasteiger charge is -2.15. The lowest BCUT2D eigenvalue weighted by atomic mass is 10.0. The number of carboxylic acid groups (broad SMARTS) is 1. The van der Waals surface area contributed by atoms with Crippen LogP contribution in [0.4, 0.5) is 56.9 Å². The van der Waals surface area contributed by atoms with Gasteiger partial charge in [0.1, 0.15) is 49.7 Å². The Hall–Kier alpha value is -11.0. The van der Waals surface area contributed by atoms with E-state index in [1.54, 1.807) is 30.3 Å². The average Bonchev–Trinajstić information content (AvgIpc) is 0.840. The van der Waals surface area contributed by atoms with Crippen LogP contribution in [0, 0.1) is 6.92 Å². The smallest absolute Gasteiger partial charge is 0.337 e. The summed E-state index contributed by atoms with van der Waals surface area (Å²) in [5, 5.41) is 96.4. The highest BCUT2D eigenvalue weighted by Gasteiger charge is 2.28. The fourth-order valence-electron chi connectivity index (χ4n) is 10.3. The van der Waals surface area contributed by atoms with Crippen LogP contribution in [-0.4, -0.2) is 147 Å². The van der Waals surface area contributed by atoms with Crippen molar-refractivity contribution in [3.63, 3.8) is 0 Å². The van der Waals surface area contributed by atoms with E-state index in [0.717, 1.165) is 54.6 Å². The van der Waals surface area contributed by atoms with E-state index in [-0.39, 0.29) is 95.1 Å². The van der Waals surface area contributed by atoms with Crippen molar-refractivity contribution in [2.75, 3.05) is 24.3 Å². The second-order valence-corrected chi connectivity index (χ2v) is 33.0. The molecule has 0 saturated carbocycles. The van der Waals surface area contributed by atoms with Crippen molar-refractivity contribution < 1.29 is 126 Å². The number of anilines is 2. The first-order valence-electron chi connectivity index (χ1n) is 30.6. The van der Waals surface area contributed by atoms with Crippen molar-refractivity contribution in [1.82, 2.24) is 0 Å². The number of allylic oxidation sites excluding steroid dienone is 2. The highest BCUT2D eigenvalue weighted by atomic mass is 32.2. The van der Waals surface area contributed by atoms with Gasteiger partial charge in [0, 0.05) is 47.0 Å². The molecule has 0 radical (unpaired) electrons. The van der Waals surface area contributed by atoms with Gasteiger partial charge in [0.2, 0.25) is 0 Å². The number of carbonyl (C=O) groups is 1. The van der Waals surface area contributed by atoms with Crippen LogP contribution in [0.15, 0.2) is 226 Å². The van der Waals surface area contributed by atoms with Gasteiger partial charge in [-0.15, -0.1) is 25.6 Å². The van der Waals surface area contributed by atoms with E-state index in [2.05, 4.69) is 56.5 Å². The van der Waals surface area contributed by atoms with E-state index in [4.69, 9.17) is 4.74 Å². The first kappa shape index (κ1) is 82.1. The van der Waals surface area contributed by atoms with Gasteiger partial charge in [-0.2, -0.15) is 84.5 Å². The number of para-hydroxylation sites is 1. The maximum Gasteiger partial charge on any atom is 0.337 e. The van der Waals surface area contributed by atoms with Crippen molar-refractivity contribution in [3.05, 3.63) is 167 Å². The molecule has 1 unspecified atom stereocenters. The molecule has 0 aliphatic carbocycles. The van der Waals surface area contributed by atoms with E-state index in [1.165, 1.54) is 49.4 Å². The molecule has 39 nitrogen and oxygen atoms in total. The lowest BCUT2D eigenvalue weighted by molar-refractivity contribution is 0.0697. The summed E-state index contributed by atoms with van der Waals surface area (Å²) < 4.78 is 250. The van der Waals surface area contributed by atoms with Gasteiger partial charge < -0.3 is 35.6 Å². The zero-order chi connectivity index (χ0) is 79.9. The number of fused-ring (bicyclic) bond motifs is 3. The van der Waals surface area contributed by atoms with Crippen molar-refractivity contribution in [2.24, 2.45) is 51.1 Å². The summed E-state index contributed by atoms with van der Waals surface area (Å²) in [4.78, 5) is 6.97. The summed E-state index contributed by atoms with van der Waals surface area (Å²) >= 11 is 0. The Kier molecular flexibility index (Phi) is 24.8. The molecule has 0 saturated heterocycles. The number of nitrogens with one attached hydrogen (secondary N) is 1. The Morgan fingerprint density at radius 1 is 0.532 bits per heavy atom.